The molecule has 1 amide bonds. The third-order valence-electron chi connectivity index (χ3n) is 8.50. The summed E-state index contributed by atoms with van der Waals surface area (Å²) in [5.74, 6) is 2.47. The van der Waals surface area contributed by atoms with Crippen LogP contribution in [0.4, 0.5) is 5.82 Å². The number of amides is 1. The predicted octanol–water partition coefficient (Wildman–Crippen LogP) is 6.03. The first-order valence-electron chi connectivity index (χ1n) is 15.0. The van der Waals surface area contributed by atoms with Crippen molar-refractivity contribution in [3.05, 3.63) is 91.6 Å². The Labute approximate surface area is 266 Å². The number of nitriles is 1. The zero-order valence-electron chi connectivity index (χ0n) is 24.9. The van der Waals surface area contributed by atoms with Crippen molar-refractivity contribution in [2.75, 3.05) is 24.8 Å². The standard InChI is InChI=1S/C34H34N4O4S2/c1-3-13-37-31(36-14-11-24(12-15-36)16-23-7-5-4-6-8-23)26(22(2)27(19-35)32(37)39)18-30-33(40)38(34(43)44-30)20-25-9-10-28-29(17-25)42-21-41-28/h4-10,17-18,24H,3,11-16,20-21H2,1-2H3/b30-18-. The second kappa shape index (κ2) is 12.9. The number of carbonyl (C=O) groups is 1. The van der Waals surface area contributed by atoms with Crippen molar-refractivity contribution in [3.63, 3.8) is 0 Å². The van der Waals surface area contributed by atoms with E-state index in [2.05, 4.69) is 35.2 Å². The Bertz CT molecular complexity index is 1740. The summed E-state index contributed by atoms with van der Waals surface area (Å²) in [6.45, 7) is 6.38. The van der Waals surface area contributed by atoms with Crippen LogP contribution in [-0.4, -0.2) is 39.6 Å². The Morgan fingerprint density at radius 2 is 1.82 bits per heavy atom. The molecule has 0 saturated carbocycles. The quantitative estimate of drug-likeness (QED) is 0.221. The Kier molecular flexibility index (Phi) is 8.78. The summed E-state index contributed by atoms with van der Waals surface area (Å²) >= 11 is 6.90. The number of anilines is 1. The van der Waals surface area contributed by atoms with Crippen LogP contribution in [0.5, 0.6) is 11.5 Å². The Hall–Kier alpha value is -4.07. The van der Waals surface area contributed by atoms with Crippen LogP contribution < -0.4 is 19.9 Å². The van der Waals surface area contributed by atoms with Gasteiger partial charge in [0, 0.05) is 25.2 Å². The van der Waals surface area contributed by atoms with Crippen LogP contribution in [0.2, 0.25) is 0 Å². The summed E-state index contributed by atoms with van der Waals surface area (Å²) in [5, 5.41) is 10.0. The Balaban J connectivity index is 1.32. The molecule has 3 aliphatic rings. The summed E-state index contributed by atoms with van der Waals surface area (Å²) in [7, 11) is 0. The van der Waals surface area contributed by atoms with E-state index in [4.69, 9.17) is 21.7 Å². The van der Waals surface area contributed by atoms with Gasteiger partial charge in [-0.2, -0.15) is 5.26 Å². The normalized spacial score (nSPS) is 17.5. The maximum Gasteiger partial charge on any atom is 0.270 e. The van der Waals surface area contributed by atoms with E-state index in [1.807, 2.05) is 37.3 Å². The zero-order valence-corrected chi connectivity index (χ0v) is 26.5. The highest BCUT2D eigenvalue weighted by Crippen LogP contribution is 2.39. The van der Waals surface area contributed by atoms with E-state index in [1.165, 1.54) is 17.3 Å². The van der Waals surface area contributed by atoms with Gasteiger partial charge in [0.2, 0.25) is 6.79 Å². The third-order valence-corrected chi connectivity index (χ3v) is 9.88. The van der Waals surface area contributed by atoms with Crippen LogP contribution in [0, 0.1) is 24.2 Å². The van der Waals surface area contributed by atoms with E-state index < -0.39 is 0 Å². The number of hydrogen-bond donors (Lipinski definition) is 0. The molecule has 0 spiro atoms. The highest BCUT2D eigenvalue weighted by atomic mass is 32.2. The molecule has 0 radical (unpaired) electrons. The minimum Gasteiger partial charge on any atom is -0.454 e. The molecule has 2 fully saturated rings. The fraction of sp³-hybridized carbons (Fsp3) is 0.353. The number of piperidine rings is 1. The van der Waals surface area contributed by atoms with Gasteiger partial charge in [0.05, 0.1) is 11.4 Å². The number of thioether (sulfide) groups is 1. The van der Waals surface area contributed by atoms with E-state index in [0.29, 0.717) is 45.3 Å². The van der Waals surface area contributed by atoms with Crippen molar-refractivity contribution in [2.24, 2.45) is 5.92 Å². The van der Waals surface area contributed by atoms with Gasteiger partial charge in [-0.25, -0.2) is 0 Å². The number of thiocarbonyl (C=S) groups is 1. The molecule has 2 saturated heterocycles. The maximum absolute atomic E-state index is 13.8. The van der Waals surface area contributed by atoms with Gasteiger partial charge in [0.15, 0.2) is 11.5 Å². The number of fused-ring (bicyclic) bond motifs is 1. The molecule has 1 aromatic heterocycles. The van der Waals surface area contributed by atoms with Gasteiger partial charge in [-0.3, -0.25) is 19.1 Å². The largest absolute Gasteiger partial charge is 0.454 e. The van der Waals surface area contributed by atoms with Gasteiger partial charge < -0.3 is 14.4 Å². The monoisotopic (exact) mass is 626 g/mol. The van der Waals surface area contributed by atoms with Crippen LogP contribution in [0.3, 0.4) is 0 Å². The van der Waals surface area contributed by atoms with E-state index in [0.717, 1.165) is 55.7 Å². The lowest BCUT2D eigenvalue weighted by atomic mass is 9.90. The zero-order chi connectivity index (χ0) is 30.8. The number of benzene rings is 2. The smallest absolute Gasteiger partial charge is 0.270 e. The van der Waals surface area contributed by atoms with Crippen molar-refractivity contribution >= 4 is 46.1 Å². The molecule has 0 unspecified atom stereocenters. The first-order valence-corrected chi connectivity index (χ1v) is 16.2. The average molecular weight is 627 g/mol. The number of carbonyl (C=O) groups excluding carboxylic acids is 1. The molecule has 0 bridgehead atoms. The number of rotatable bonds is 8. The summed E-state index contributed by atoms with van der Waals surface area (Å²) in [6, 6.07) is 18.3. The minimum atomic E-state index is -0.277. The van der Waals surface area contributed by atoms with Gasteiger partial charge in [0.25, 0.3) is 11.5 Å². The molecule has 6 rings (SSSR count). The number of hydrogen-bond acceptors (Lipinski definition) is 8. The molecule has 0 aliphatic carbocycles. The highest BCUT2D eigenvalue weighted by molar-refractivity contribution is 8.26. The van der Waals surface area contributed by atoms with Crippen LogP contribution >= 0.6 is 24.0 Å². The molecule has 0 atom stereocenters. The molecular weight excluding hydrogens is 593 g/mol. The summed E-state index contributed by atoms with van der Waals surface area (Å²) in [6.07, 6.45) is 5.59. The van der Waals surface area contributed by atoms with Gasteiger partial charge >= 0.3 is 0 Å². The molecule has 3 aromatic rings. The first kappa shape index (κ1) is 30.0. The van der Waals surface area contributed by atoms with Gasteiger partial charge in [0.1, 0.15) is 21.8 Å². The second-order valence-corrected chi connectivity index (χ2v) is 13.1. The fourth-order valence-electron chi connectivity index (χ4n) is 6.20. The molecular formula is C34H34N4O4S2. The van der Waals surface area contributed by atoms with Gasteiger partial charge in [-0.05, 0) is 73.4 Å². The molecule has 2 aromatic carbocycles. The van der Waals surface area contributed by atoms with E-state index >= 15 is 0 Å². The summed E-state index contributed by atoms with van der Waals surface area (Å²) in [4.78, 5) is 31.7. The van der Waals surface area contributed by atoms with Crippen molar-refractivity contribution in [1.82, 2.24) is 9.47 Å². The lowest BCUT2D eigenvalue weighted by Crippen LogP contribution is -2.40. The van der Waals surface area contributed by atoms with Crippen molar-refractivity contribution in [3.8, 4) is 17.6 Å². The summed E-state index contributed by atoms with van der Waals surface area (Å²) in [5.41, 5.74) is 3.38. The van der Waals surface area contributed by atoms with Crippen molar-refractivity contribution in [1.29, 1.82) is 5.26 Å². The molecule has 226 valence electrons. The van der Waals surface area contributed by atoms with Crippen LogP contribution in [0.1, 0.15) is 54.0 Å². The highest BCUT2D eigenvalue weighted by Gasteiger charge is 2.34. The van der Waals surface area contributed by atoms with E-state index in [1.54, 1.807) is 16.4 Å². The Morgan fingerprint density at radius 1 is 1.07 bits per heavy atom. The number of pyridine rings is 1. The minimum absolute atomic E-state index is 0.114. The molecule has 4 heterocycles. The lowest BCUT2D eigenvalue weighted by molar-refractivity contribution is -0.122. The SMILES string of the molecule is CCCn1c(N2CCC(Cc3ccccc3)CC2)c(/C=C2\SC(=S)N(Cc3ccc4c(c3)OCO4)C2=O)c(C)c(C#N)c1=O. The van der Waals surface area contributed by atoms with Crippen molar-refractivity contribution in [2.45, 2.75) is 52.6 Å². The van der Waals surface area contributed by atoms with E-state index in [-0.39, 0.29) is 23.8 Å². The second-order valence-electron chi connectivity index (χ2n) is 11.4. The van der Waals surface area contributed by atoms with Gasteiger partial charge in [-0.15, -0.1) is 0 Å². The molecule has 0 N–H and O–H groups in total. The maximum atomic E-state index is 13.8. The van der Waals surface area contributed by atoms with E-state index in [9.17, 15) is 14.9 Å². The number of aromatic nitrogens is 1. The number of ether oxygens (including phenoxy) is 2. The predicted molar refractivity (Wildman–Crippen MR) is 177 cm³/mol. The fourth-order valence-corrected chi connectivity index (χ4v) is 7.44. The van der Waals surface area contributed by atoms with Crippen LogP contribution in [0.15, 0.2) is 58.2 Å². The third kappa shape index (κ3) is 5.86. The molecule has 44 heavy (non-hydrogen) atoms. The molecule has 8 nitrogen and oxygen atoms in total. The van der Waals surface area contributed by atoms with Crippen molar-refractivity contribution < 1.29 is 14.3 Å². The topological polar surface area (TPSA) is 87.8 Å². The van der Waals surface area contributed by atoms with Crippen LogP contribution in [-0.2, 0) is 24.3 Å². The average Bonchev–Trinajstić information content (AvgIpc) is 3.60. The Morgan fingerprint density at radius 3 is 2.55 bits per heavy atom. The first-order chi connectivity index (χ1) is 21.4. The number of nitrogens with zero attached hydrogens (tertiary/aromatic N) is 4. The van der Waals surface area contributed by atoms with Gasteiger partial charge in [-0.1, -0.05) is 67.3 Å². The molecule has 10 heteroatoms. The van der Waals surface area contributed by atoms with Crippen LogP contribution in [0.25, 0.3) is 6.08 Å². The molecule has 3 aliphatic heterocycles. The lowest BCUT2D eigenvalue weighted by Gasteiger charge is -2.36. The summed E-state index contributed by atoms with van der Waals surface area (Å²) < 4.78 is 13.1.